The Kier molecular flexibility index (Phi) is 1.90. The van der Waals surface area contributed by atoms with Crippen LogP contribution in [0.4, 0.5) is 0 Å². The molecule has 1 aromatic rings. The molecule has 1 aliphatic carbocycles. The average Bonchev–Trinajstić information content (AvgIpc) is 2.75. The molecule has 1 heterocycles. The number of hydrogen-bond acceptors (Lipinski definition) is 2. The van der Waals surface area contributed by atoms with Crippen LogP contribution in [0.1, 0.15) is 25.8 Å². The lowest BCUT2D eigenvalue weighted by Crippen LogP contribution is -1.93. The van der Waals surface area contributed by atoms with Crippen molar-refractivity contribution in [1.29, 1.82) is 0 Å². The van der Waals surface area contributed by atoms with Crippen LogP contribution in [0.5, 0.6) is 0 Å². The highest BCUT2D eigenvalue weighted by molar-refractivity contribution is 7.99. The molecule has 0 spiro atoms. The molecule has 60 valence electrons. The van der Waals surface area contributed by atoms with Crippen LogP contribution in [0.2, 0.25) is 0 Å². The van der Waals surface area contributed by atoms with E-state index in [1.165, 1.54) is 18.0 Å². The molecule has 1 fully saturated rings. The van der Waals surface area contributed by atoms with E-state index in [1.54, 1.807) is 0 Å². The maximum Gasteiger partial charge on any atom is 0.168 e. The molecule has 11 heavy (non-hydrogen) atoms. The lowest BCUT2D eigenvalue weighted by Gasteiger charge is -2.02. The molecule has 2 nitrogen and oxygen atoms in total. The van der Waals surface area contributed by atoms with Gasteiger partial charge in [0.15, 0.2) is 5.16 Å². The fourth-order valence-corrected chi connectivity index (χ4v) is 1.92. The van der Waals surface area contributed by atoms with Gasteiger partial charge < -0.3 is 4.57 Å². The predicted molar refractivity (Wildman–Crippen MR) is 46.9 cm³/mol. The Labute approximate surface area is 71.0 Å². The summed E-state index contributed by atoms with van der Waals surface area (Å²) in [5.74, 6) is 1.11. The van der Waals surface area contributed by atoms with Crippen LogP contribution < -0.4 is 0 Å². The summed E-state index contributed by atoms with van der Waals surface area (Å²) in [6.07, 6.45) is 6.67. The number of nitrogens with zero attached hydrogens (tertiary/aromatic N) is 2. The number of rotatable bonds is 3. The van der Waals surface area contributed by atoms with Gasteiger partial charge in [-0.25, -0.2) is 4.98 Å². The Morgan fingerprint density at radius 3 is 3.18 bits per heavy atom. The highest BCUT2D eigenvalue weighted by atomic mass is 32.2. The summed E-state index contributed by atoms with van der Waals surface area (Å²) in [7, 11) is 0. The van der Waals surface area contributed by atoms with Crippen molar-refractivity contribution in [3.05, 3.63) is 12.4 Å². The van der Waals surface area contributed by atoms with Gasteiger partial charge in [-0.1, -0.05) is 18.7 Å². The monoisotopic (exact) mass is 168 g/mol. The van der Waals surface area contributed by atoms with Crippen LogP contribution in [0.15, 0.2) is 17.6 Å². The van der Waals surface area contributed by atoms with Crippen LogP contribution in [-0.2, 0) is 0 Å². The molecule has 1 saturated carbocycles. The van der Waals surface area contributed by atoms with Crippen molar-refractivity contribution in [1.82, 2.24) is 9.55 Å². The molecule has 1 aromatic heterocycles. The van der Waals surface area contributed by atoms with E-state index in [4.69, 9.17) is 0 Å². The number of hydrogen-bond donors (Lipinski definition) is 0. The van der Waals surface area contributed by atoms with Crippen molar-refractivity contribution in [3.8, 4) is 0 Å². The molecule has 0 amide bonds. The standard InChI is InChI=1S/C8H12N2S/c1-2-11-8-9-5-6-10(8)7-3-4-7/h5-7H,2-4H2,1H3. The van der Waals surface area contributed by atoms with Gasteiger partial charge >= 0.3 is 0 Å². The Hall–Kier alpha value is -0.440. The van der Waals surface area contributed by atoms with Crippen LogP contribution in [0, 0.1) is 0 Å². The molecular weight excluding hydrogens is 156 g/mol. The molecule has 0 atom stereocenters. The molecule has 3 heteroatoms. The van der Waals surface area contributed by atoms with Crippen molar-refractivity contribution in [2.24, 2.45) is 0 Å². The normalized spacial score (nSPS) is 17.2. The third-order valence-electron chi connectivity index (χ3n) is 1.85. The molecule has 0 unspecified atom stereocenters. The Morgan fingerprint density at radius 1 is 1.73 bits per heavy atom. The topological polar surface area (TPSA) is 17.8 Å². The molecule has 0 N–H and O–H groups in total. The molecule has 0 aliphatic heterocycles. The minimum Gasteiger partial charge on any atom is -0.323 e. The van der Waals surface area contributed by atoms with Gasteiger partial charge in [-0.05, 0) is 18.6 Å². The molecule has 0 bridgehead atoms. The molecule has 2 rings (SSSR count). The first-order valence-corrected chi connectivity index (χ1v) is 5.06. The van der Waals surface area contributed by atoms with E-state index < -0.39 is 0 Å². The quantitative estimate of drug-likeness (QED) is 0.645. The van der Waals surface area contributed by atoms with Crippen LogP contribution >= 0.6 is 11.8 Å². The Balaban J connectivity index is 2.16. The van der Waals surface area contributed by atoms with E-state index in [0.29, 0.717) is 0 Å². The van der Waals surface area contributed by atoms with Crippen molar-refractivity contribution in [2.45, 2.75) is 31.0 Å². The van der Waals surface area contributed by atoms with E-state index in [9.17, 15) is 0 Å². The SMILES string of the molecule is CCSc1nccn1C1CC1. The second-order valence-electron chi connectivity index (χ2n) is 2.78. The summed E-state index contributed by atoms with van der Waals surface area (Å²) in [5, 5.41) is 1.19. The van der Waals surface area contributed by atoms with Gasteiger partial charge in [0.25, 0.3) is 0 Å². The summed E-state index contributed by atoms with van der Waals surface area (Å²) >= 11 is 1.83. The largest absolute Gasteiger partial charge is 0.323 e. The Morgan fingerprint density at radius 2 is 2.55 bits per heavy atom. The second kappa shape index (κ2) is 2.89. The lowest BCUT2D eigenvalue weighted by molar-refractivity contribution is 0.663. The van der Waals surface area contributed by atoms with Gasteiger partial charge in [-0.15, -0.1) is 0 Å². The zero-order valence-electron chi connectivity index (χ0n) is 6.66. The predicted octanol–water partition coefficient (Wildman–Crippen LogP) is 2.33. The molecular formula is C8H12N2S. The number of aromatic nitrogens is 2. The van der Waals surface area contributed by atoms with Crippen LogP contribution in [-0.4, -0.2) is 15.3 Å². The molecule has 0 saturated heterocycles. The maximum absolute atomic E-state index is 4.29. The summed E-state index contributed by atoms with van der Waals surface area (Å²) in [6, 6.07) is 0.770. The van der Waals surface area contributed by atoms with Crippen LogP contribution in [0.3, 0.4) is 0 Å². The maximum atomic E-state index is 4.29. The van der Waals surface area contributed by atoms with Crippen molar-refractivity contribution in [3.63, 3.8) is 0 Å². The van der Waals surface area contributed by atoms with E-state index in [1.807, 2.05) is 18.0 Å². The van der Waals surface area contributed by atoms with E-state index in [2.05, 4.69) is 22.7 Å². The number of thioether (sulfide) groups is 1. The van der Waals surface area contributed by atoms with Gasteiger partial charge in [0.1, 0.15) is 0 Å². The van der Waals surface area contributed by atoms with Gasteiger partial charge in [0.05, 0.1) is 0 Å². The smallest absolute Gasteiger partial charge is 0.168 e. The number of imidazole rings is 1. The molecule has 0 radical (unpaired) electrons. The first-order valence-electron chi connectivity index (χ1n) is 4.07. The van der Waals surface area contributed by atoms with Crippen molar-refractivity contribution >= 4 is 11.8 Å². The van der Waals surface area contributed by atoms with Gasteiger partial charge in [-0.2, -0.15) is 0 Å². The highest BCUT2D eigenvalue weighted by Gasteiger charge is 2.25. The zero-order valence-corrected chi connectivity index (χ0v) is 7.47. The van der Waals surface area contributed by atoms with Crippen molar-refractivity contribution in [2.75, 3.05) is 5.75 Å². The van der Waals surface area contributed by atoms with E-state index in [0.717, 1.165) is 11.8 Å². The molecule has 1 aliphatic rings. The van der Waals surface area contributed by atoms with Gasteiger partial charge in [-0.3, -0.25) is 0 Å². The molecule has 0 aromatic carbocycles. The summed E-state index contributed by atoms with van der Waals surface area (Å²) in [6.45, 7) is 2.16. The highest BCUT2D eigenvalue weighted by Crippen LogP contribution is 2.37. The van der Waals surface area contributed by atoms with Gasteiger partial charge in [0, 0.05) is 18.4 Å². The van der Waals surface area contributed by atoms with Crippen molar-refractivity contribution < 1.29 is 0 Å². The summed E-state index contributed by atoms with van der Waals surface area (Å²) in [5.41, 5.74) is 0. The zero-order chi connectivity index (χ0) is 7.68. The fourth-order valence-electron chi connectivity index (χ4n) is 1.17. The van der Waals surface area contributed by atoms with Gasteiger partial charge in [0.2, 0.25) is 0 Å². The first-order chi connectivity index (χ1) is 5.42. The Bertz CT molecular complexity index is 240. The summed E-state index contributed by atoms with van der Waals surface area (Å²) < 4.78 is 2.30. The third-order valence-corrected chi connectivity index (χ3v) is 2.71. The minimum atomic E-state index is 0.770. The third kappa shape index (κ3) is 1.43. The van der Waals surface area contributed by atoms with Crippen LogP contribution in [0.25, 0.3) is 0 Å². The fraction of sp³-hybridized carbons (Fsp3) is 0.625. The van der Waals surface area contributed by atoms with E-state index in [-0.39, 0.29) is 0 Å². The van der Waals surface area contributed by atoms with E-state index >= 15 is 0 Å². The summed E-state index contributed by atoms with van der Waals surface area (Å²) in [4.78, 5) is 4.29. The first kappa shape index (κ1) is 7.22. The second-order valence-corrected chi connectivity index (χ2v) is 4.01. The minimum absolute atomic E-state index is 0.770. The average molecular weight is 168 g/mol. The lowest BCUT2D eigenvalue weighted by atomic mass is 10.7.